The van der Waals surface area contributed by atoms with Crippen molar-refractivity contribution in [3.63, 3.8) is 0 Å². The Hall–Kier alpha value is -1.12. The molecule has 0 fully saturated rings. The van der Waals surface area contributed by atoms with Crippen molar-refractivity contribution < 1.29 is 14.3 Å². The van der Waals surface area contributed by atoms with Crippen molar-refractivity contribution in [1.29, 1.82) is 0 Å². The van der Waals surface area contributed by atoms with Gasteiger partial charge >= 0.3 is 5.97 Å². The van der Waals surface area contributed by atoms with E-state index < -0.39 is 11.9 Å². The summed E-state index contributed by atoms with van der Waals surface area (Å²) in [7, 11) is 0. The summed E-state index contributed by atoms with van der Waals surface area (Å²) in [6, 6.07) is 0. The molecule has 0 amide bonds. The van der Waals surface area contributed by atoms with Crippen LogP contribution in [-0.2, 0) is 14.3 Å². The summed E-state index contributed by atoms with van der Waals surface area (Å²) >= 11 is 0. The number of ketones is 1. The van der Waals surface area contributed by atoms with Gasteiger partial charge in [-0.2, -0.15) is 0 Å². The Kier molecular flexibility index (Phi) is 5.84. The Morgan fingerprint density at radius 1 is 1.29 bits per heavy atom. The Labute approximate surface area is 85.1 Å². The summed E-state index contributed by atoms with van der Waals surface area (Å²) < 4.78 is 4.81. The summed E-state index contributed by atoms with van der Waals surface area (Å²) in [6.45, 7) is 7.33. The van der Waals surface area contributed by atoms with Gasteiger partial charge in [0, 0.05) is 0 Å². The van der Waals surface area contributed by atoms with Crippen molar-refractivity contribution in [1.82, 2.24) is 0 Å². The van der Waals surface area contributed by atoms with Gasteiger partial charge in [-0.3, -0.25) is 9.59 Å². The third-order valence-corrected chi connectivity index (χ3v) is 1.82. The van der Waals surface area contributed by atoms with Crippen LogP contribution in [0.3, 0.4) is 0 Å². The molecule has 14 heavy (non-hydrogen) atoms. The van der Waals surface area contributed by atoms with E-state index in [9.17, 15) is 9.59 Å². The third kappa shape index (κ3) is 4.80. The van der Waals surface area contributed by atoms with Gasteiger partial charge in [-0.1, -0.05) is 11.6 Å². The fourth-order valence-electron chi connectivity index (χ4n) is 1.02. The lowest BCUT2D eigenvalue weighted by molar-refractivity contribution is -0.150. The first-order valence-corrected chi connectivity index (χ1v) is 4.79. The smallest absolute Gasteiger partial charge is 0.316 e. The normalized spacial score (nSPS) is 11.7. The van der Waals surface area contributed by atoms with Crippen LogP contribution in [0.15, 0.2) is 11.6 Å². The summed E-state index contributed by atoms with van der Waals surface area (Å²) in [5.74, 6) is -1.19. The van der Waals surface area contributed by atoms with E-state index in [0.717, 1.165) is 5.57 Å². The average molecular weight is 198 g/mol. The second-order valence-corrected chi connectivity index (χ2v) is 3.43. The molecule has 0 radical (unpaired) electrons. The number of esters is 1. The minimum Gasteiger partial charge on any atom is -0.465 e. The Morgan fingerprint density at radius 2 is 1.86 bits per heavy atom. The molecule has 0 aliphatic heterocycles. The highest BCUT2D eigenvalue weighted by Gasteiger charge is 2.22. The van der Waals surface area contributed by atoms with Gasteiger partial charge in [0.05, 0.1) is 6.61 Å². The highest BCUT2D eigenvalue weighted by Crippen LogP contribution is 2.10. The number of rotatable bonds is 5. The lowest BCUT2D eigenvalue weighted by atomic mass is 10.0. The number of ether oxygens (including phenoxy) is 1. The molecule has 0 bridgehead atoms. The quantitative estimate of drug-likeness (QED) is 0.386. The highest BCUT2D eigenvalue weighted by atomic mass is 16.5. The predicted octanol–water partition coefficient (Wildman–Crippen LogP) is 2.11. The molecule has 0 aromatic rings. The molecule has 1 atom stereocenters. The number of carbonyl (C=O) groups is 2. The van der Waals surface area contributed by atoms with Crippen LogP contribution in [0.5, 0.6) is 0 Å². The first-order chi connectivity index (χ1) is 6.49. The van der Waals surface area contributed by atoms with Crippen molar-refractivity contribution in [2.45, 2.75) is 34.1 Å². The van der Waals surface area contributed by atoms with Crippen LogP contribution in [0.25, 0.3) is 0 Å². The fraction of sp³-hybridized carbons (Fsp3) is 0.636. The SMILES string of the molecule is CCOC(=O)C(CC=C(C)C)C(C)=O. The van der Waals surface area contributed by atoms with Crippen LogP contribution in [-0.4, -0.2) is 18.4 Å². The molecule has 3 heteroatoms. The van der Waals surface area contributed by atoms with E-state index >= 15 is 0 Å². The number of hydrogen-bond donors (Lipinski definition) is 0. The van der Waals surface area contributed by atoms with E-state index in [0.29, 0.717) is 13.0 Å². The van der Waals surface area contributed by atoms with E-state index in [-0.39, 0.29) is 5.78 Å². The molecule has 0 aromatic carbocycles. The van der Waals surface area contributed by atoms with Gasteiger partial charge in [0.1, 0.15) is 11.7 Å². The lowest BCUT2D eigenvalue weighted by Crippen LogP contribution is -2.23. The molecule has 0 aromatic heterocycles. The van der Waals surface area contributed by atoms with E-state index in [1.54, 1.807) is 6.92 Å². The van der Waals surface area contributed by atoms with Crippen LogP contribution < -0.4 is 0 Å². The standard InChI is InChI=1S/C11H18O3/c1-5-14-11(13)10(9(4)12)7-6-8(2)3/h6,10H,5,7H2,1-4H3. The topological polar surface area (TPSA) is 43.4 Å². The van der Waals surface area contributed by atoms with Gasteiger partial charge in [0.25, 0.3) is 0 Å². The number of allylic oxidation sites excluding steroid dienone is 2. The maximum Gasteiger partial charge on any atom is 0.316 e. The lowest BCUT2D eigenvalue weighted by Gasteiger charge is -2.10. The summed E-state index contributed by atoms with van der Waals surface area (Å²) in [5, 5.41) is 0. The molecule has 0 rings (SSSR count). The number of carbonyl (C=O) groups excluding carboxylic acids is 2. The zero-order valence-corrected chi connectivity index (χ0v) is 9.29. The largest absolute Gasteiger partial charge is 0.465 e. The minimum atomic E-state index is -0.634. The van der Waals surface area contributed by atoms with Crippen LogP contribution >= 0.6 is 0 Å². The van der Waals surface area contributed by atoms with Gasteiger partial charge in [-0.25, -0.2) is 0 Å². The van der Waals surface area contributed by atoms with Gasteiger partial charge in [-0.15, -0.1) is 0 Å². The average Bonchev–Trinajstić information content (AvgIpc) is 2.03. The maximum absolute atomic E-state index is 11.3. The molecule has 0 spiro atoms. The number of hydrogen-bond acceptors (Lipinski definition) is 3. The molecule has 0 heterocycles. The van der Waals surface area contributed by atoms with Crippen LogP contribution in [0.2, 0.25) is 0 Å². The summed E-state index contributed by atoms with van der Waals surface area (Å²) in [6.07, 6.45) is 2.32. The second kappa shape index (κ2) is 6.35. The van der Waals surface area contributed by atoms with Crippen LogP contribution in [0.1, 0.15) is 34.1 Å². The van der Waals surface area contributed by atoms with Crippen LogP contribution in [0, 0.1) is 5.92 Å². The molecule has 80 valence electrons. The fourth-order valence-corrected chi connectivity index (χ4v) is 1.02. The molecule has 0 aliphatic carbocycles. The van der Waals surface area contributed by atoms with Crippen molar-refractivity contribution in [3.8, 4) is 0 Å². The molecular formula is C11H18O3. The Balaban J connectivity index is 4.37. The summed E-state index contributed by atoms with van der Waals surface area (Å²) in [5.41, 5.74) is 1.10. The van der Waals surface area contributed by atoms with Crippen molar-refractivity contribution in [2.24, 2.45) is 5.92 Å². The van der Waals surface area contributed by atoms with E-state index in [1.807, 2.05) is 19.9 Å². The zero-order valence-electron chi connectivity index (χ0n) is 9.29. The monoisotopic (exact) mass is 198 g/mol. The molecule has 0 saturated heterocycles. The van der Waals surface area contributed by atoms with Crippen LogP contribution in [0.4, 0.5) is 0 Å². The molecule has 0 saturated carbocycles. The Bertz CT molecular complexity index is 237. The maximum atomic E-state index is 11.3. The van der Waals surface area contributed by atoms with Gasteiger partial charge < -0.3 is 4.74 Å². The first kappa shape index (κ1) is 12.9. The minimum absolute atomic E-state index is 0.138. The third-order valence-electron chi connectivity index (χ3n) is 1.82. The molecule has 0 aliphatic rings. The van der Waals surface area contributed by atoms with Crippen molar-refractivity contribution in [2.75, 3.05) is 6.61 Å². The molecule has 0 N–H and O–H groups in total. The van der Waals surface area contributed by atoms with Gasteiger partial charge in [0.15, 0.2) is 0 Å². The Morgan fingerprint density at radius 3 is 2.21 bits per heavy atom. The van der Waals surface area contributed by atoms with E-state index in [1.165, 1.54) is 6.92 Å². The molecular weight excluding hydrogens is 180 g/mol. The second-order valence-electron chi connectivity index (χ2n) is 3.43. The van der Waals surface area contributed by atoms with Crippen molar-refractivity contribution in [3.05, 3.63) is 11.6 Å². The van der Waals surface area contributed by atoms with Gasteiger partial charge in [0.2, 0.25) is 0 Å². The molecule has 3 nitrogen and oxygen atoms in total. The van der Waals surface area contributed by atoms with Crippen molar-refractivity contribution >= 4 is 11.8 Å². The molecule has 1 unspecified atom stereocenters. The number of Topliss-reactive ketones (excluding diaryl/α,β-unsaturated/α-hetero) is 1. The summed E-state index contributed by atoms with van der Waals surface area (Å²) in [4.78, 5) is 22.5. The zero-order chi connectivity index (χ0) is 11.1. The van der Waals surface area contributed by atoms with E-state index in [2.05, 4.69) is 0 Å². The first-order valence-electron chi connectivity index (χ1n) is 4.79. The highest BCUT2D eigenvalue weighted by molar-refractivity contribution is 5.97. The predicted molar refractivity (Wildman–Crippen MR) is 54.9 cm³/mol. The van der Waals surface area contributed by atoms with Gasteiger partial charge in [-0.05, 0) is 34.1 Å². The van der Waals surface area contributed by atoms with E-state index in [4.69, 9.17) is 4.74 Å².